The van der Waals surface area contributed by atoms with Gasteiger partial charge in [-0.3, -0.25) is 4.79 Å². The molecule has 0 saturated heterocycles. The molecule has 5 heteroatoms. The van der Waals surface area contributed by atoms with Crippen LogP contribution in [0.1, 0.15) is 16.8 Å². The largest absolute Gasteiger partial charge is 0.483 e. The minimum absolute atomic E-state index is 0.0607. The van der Waals surface area contributed by atoms with Crippen molar-refractivity contribution >= 4 is 12.1 Å². The fourth-order valence-electron chi connectivity index (χ4n) is 1.83. The zero-order valence-electron chi connectivity index (χ0n) is 12.5. The lowest BCUT2D eigenvalue weighted by atomic mass is 10.1. The van der Waals surface area contributed by atoms with Gasteiger partial charge in [0.05, 0.1) is 11.9 Å². The van der Waals surface area contributed by atoms with E-state index in [-0.39, 0.29) is 12.5 Å². The van der Waals surface area contributed by atoms with E-state index in [1.165, 1.54) is 0 Å². The number of amides is 1. The second kappa shape index (κ2) is 6.74. The first kappa shape index (κ1) is 14.8. The Morgan fingerprint density at radius 1 is 1.33 bits per heavy atom. The Morgan fingerprint density at radius 3 is 2.86 bits per heavy atom. The molecule has 21 heavy (non-hydrogen) atoms. The highest BCUT2D eigenvalue weighted by molar-refractivity contribution is 5.81. The predicted octanol–water partition coefficient (Wildman–Crippen LogP) is 2.17. The normalized spacial score (nSPS) is 10.8. The Kier molecular flexibility index (Phi) is 4.77. The molecule has 1 amide bonds. The number of carbonyl (C=O) groups is 1. The summed E-state index contributed by atoms with van der Waals surface area (Å²) in [5, 5.41) is 3.90. The van der Waals surface area contributed by atoms with E-state index in [0.717, 1.165) is 22.6 Å². The molecule has 0 unspecified atom stereocenters. The number of carbonyl (C=O) groups excluding carboxylic acids is 1. The number of aryl methyl sites for hydroxylation is 2. The van der Waals surface area contributed by atoms with Crippen molar-refractivity contribution in [1.82, 2.24) is 9.99 Å². The average molecular weight is 285 g/mol. The van der Waals surface area contributed by atoms with Gasteiger partial charge in [0.2, 0.25) is 0 Å². The van der Waals surface area contributed by atoms with Crippen molar-refractivity contribution in [2.24, 2.45) is 12.1 Å². The van der Waals surface area contributed by atoms with Crippen LogP contribution in [0.25, 0.3) is 0 Å². The molecular weight excluding hydrogens is 266 g/mol. The molecule has 1 heterocycles. The standard InChI is InChI=1S/C16H19N3O2/c1-12-6-4-8-15(13(12)2)21-11-16(20)18-17-10-14-7-5-9-19(14)3/h4-10H,11H2,1-3H3,(H,18,20)/b17-10-. The lowest BCUT2D eigenvalue weighted by molar-refractivity contribution is -0.123. The van der Waals surface area contributed by atoms with Crippen LogP contribution in [0.2, 0.25) is 0 Å². The number of ether oxygens (including phenoxy) is 1. The third-order valence-corrected chi connectivity index (χ3v) is 3.28. The fraction of sp³-hybridized carbons (Fsp3) is 0.250. The van der Waals surface area contributed by atoms with Crippen LogP contribution < -0.4 is 10.2 Å². The molecule has 0 fully saturated rings. The van der Waals surface area contributed by atoms with Crippen molar-refractivity contribution in [3.05, 3.63) is 53.3 Å². The number of hydrogen-bond donors (Lipinski definition) is 1. The summed E-state index contributed by atoms with van der Waals surface area (Å²) in [6.45, 7) is 3.91. The smallest absolute Gasteiger partial charge is 0.277 e. The third-order valence-electron chi connectivity index (χ3n) is 3.28. The van der Waals surface area contributed by atoms with E-state index in [9.17, 15) is 4.79 Å². The molecule has 0 aliphatic heterocycles. The van der Waals surface area contributed by atoms with Gasteiger partial charge in [0.25, 0.3) is 5.91 Å². The van der Waals surface area contributed by atoms with Gasteiger partial charge in [-0.1, -0.05) is 12.1 Å². The van der Waals surface area contributed by atoms with E-state index in [4.69, 9.17) is 4.74 Å². The van der Waals surface area contributed by atoms with Gasteiger partial charge in [-0.15, -0.1) is 0 Å². The van der Waals surface area contributed by atoms with E-state index in [2.05, 4.69) is 10.5 Å². The van der Waals surface area contributed by atoms with Gasteiger partial charge in [-0.2, -0.15) is 5.10 Å². The molecule has 0 aliphatic carbocycles. The molecule has 0 spiro atoms. The van der Waals surface area contributed by atoms with Crippen LogP contribution in [-0.4, -0.2) is 23.3 Å². The van der Waals surface area contributed by atoms with Gasteiger partial charge in [0, 0.05) is 13.2 Å². The summed E-state index contributed by atoms with van der Waals surface area (Å²) in [5.74, 6) is 0.429. The SMILES string of the molecule is Cc1cccc(OCC(=O)N/N=C\c2cccn2C)c1C. The Labute approximate surface area is 124 Å². The molecule has 110 valence electrons. The van der Waals surface area contributed by atoms with Gasteiger partial charge in [0.1, 0.15) is 5.75 Å². The maximum atomic E-state index is 11.7. The lowest BCUT2D eigenvalue weighted by Gasteiger charge is -2.09. The molecule has 1 aromatic heterocycles. The summed E-state index contributed by atoms with van der Waals surface area (Å²) >= 11 is 0. The summed E-state index contributed by atoms with van der Waals surface area (Å²) in [5.41, 5.74) is 5.53. The van der Waals surface area contributed by atoms with Gasteiger partial charge >= 0.3 is 0 Å². The average Bonchev–Trinajstić information content (AvgIpc) is 2.86. The zero-order chi connectivity index (χ0) is 15.2. The fourth-order valence-corrected chi connectivity index (χ4v) is 1.83. The highest BCUT2D eigenvalue weighted by Gasteiger charge is 2.05. The molecule has 0 atom stereocenters. The van der Waals surface area contributed by atoms with Crippen LogP contribution in [0.15, 0.2) is 41.6 Å². The van der Waals surface area contributed by atoms with E-state index in [1.807, 2.05) is 62.0 Å². The van der Waals surface area contributed by atoms with Gasteiger partial charge < -0.3 is 9.30 Å². The third kappa shape index (κ3) is 3.95. The molecule has 5 nitrogen and oxygen atoms in total. The maximum Gasteiger partial charge on any atom is 0.277 e. The van der Waals surface area contributed by atoms with E-state index in [1.54, 1.807) is 6.21 Å². The molecule has 1 N–H and O–H groups in total. The number of rotatable bonds is 5. The van der Waals surface area contributed by atoms with Crippen LogP contribution in [0.3, 0.4) is 0 Å². The topological polar surface area (TPSA) is 55.6 Å². The molecule has 1 aromatic carbocycles. The first-order chi connectivity index (χ1) is 10.1. The van der Waals surface area contributed by atoms with E-state index in [0.29, 0.717) is 0 Å². The van der Waals surface area contributed by atoms with Gasteiger partial charge in [0.15, 0.2) is 6.61 Å². The highest BCUT2D eigenvalue weighted by Crippen LogP contribution is 2.20. The second-order valence-electron chi connectivity index (χ2n) is 4.82. The van der Waals surface area contributed by atoms with Crippen molar-refractivity contribution in [3.63, 3.8) is 0 Å². The molecule has 2 rings (SSSR count). The quantitative estimate of drug-likeness (QED) is 0.676. The highest BCUT2D eigenvalue weighted by atomic mass is 16.5. The summed E-state index contributed by atoms with van der Waals surface area (Å²) in [4.78, 5) is 11.7. The number of nitrogens with zero attached hydrogens (tertiary/aromatic N) is 2. The number of nitrogens with one attached hydrogen (secondary N) is 1. The summed E-state index contributed by atoms with van der Waals surface area (Å²) < 4.78 is 7.40. The maximum absolute atomic E-state index is 11.7. The first-order valence-electron chi connectivity index (χ1n) is 6.70. The molecular formula is C16H19N3O2. The molecule has 2 aromatic rings. The Morgan fingerprint density at radius 2 is 2.14 bits per heavy atom. The molecule has 0 aliphatic rings. The van der Waals surface area contributed by atoms with Gasteiger partial charge in [-0.05, 0) is 43.2 Å². The van der Waals surface area contributed by atoms with Crippen molar-refractivity contribution in [2.75, 3.05) is 6.61 Å². The predicted molar refractivity (Wildman–Crippen MR) is 82.6 cm³/mol. The van der Waals surface area contributed by atoms with Crippen molar-refractivity contribution in [1.29, 1.82) is 0 Å². The van der Waals surface area contributed by atoms with Crippen LogP contribution in [0.5, 0.6) is 5.75 Å². The second-order valence-corrected chi connectivity index (χ2v) is 4.82. The summed E-state index contributed by atoms with van der Waals surface area (Å²) in [7, 11) is 1.91. The summed E-state index contributed by atoms with van der Waals surface area (Å²) in [6, 6.07) is 9.58. The Bertz CT molecular complexity index is 659. The minimum atomic E-state index is -0.290. The number of hydrogen-bond acceptors (Lipinski definition) is 3. The van der Waals surface area contributed by atoms with E-state index >= 15 is 0 Å². The number of benzene rings is 1. The van der Waals surface area contributed by atoms with Crippen LogP contribution in [-0.2, 0) is 11.8 Å². The molecule has 0 bridgehead atoms. The Balaban J connectivity index is 1.84. The molecule has 0 saturated carbocycles. The summed E-state index contributed by atoms with van der Waals surface area (Å²) in [6.07, 6.45) is 3.50. The number of aromatic nitrogens is 1. The Hall–Kier alpha value is -2.56. The van der Waals surface area contributed by atoms with E-state index < -0.39 is 0 Å². The van der Waals surface area contributed by atoms with Crippen molar-refractivity contribution < 1.29 is 9.53 Å². The first-order valence-corrected chi connectivity index (χ1v) is 6.70. The minimum Gasteiger partial charge on any atom is -0.483 e. The van der Waals surface area contributed by atoms with Crippen LogP contribution in [0, 0.1) is 13.8 Å². The van der Waals surface area contributed by atoms with Gasteiger partial charge in [-0.25, -0.2) is 5.43 Å². The monoisotopic (exact) mass is 285 g/mol. The van der Waals surface area contributed by atoms with Crippen molar-refractivity contribution in [2.45, 2.75) is 13.8 Å². The van der Waals surface area contributed by atoms with Crippen LogP contribution >= 0.6 is 0 Å². The zero-order valence-corrected chi connectivity index (χ0v) is 12.5. The number of hydrazone groups is 1. The van der Waals surface area contributed by atoms with Crippen LogP contribution in [0.4, 0.5) is 0 Å². The lowest BCUT2D eigenvalue weighted by Crippen LogP contribution is -2.24. The molecule has 0 radical (unpaired) electrons. The van der Waals surface area contributed by atoms with Crippen molar-refractivity contribution in [3.8, 4) is 5.75 Å².